The van der Waals surface area contributed by atoms with Crippen molar-refractivity contribution in [1.82, 2.24) is 0 Å². The van der Waals surface area contributed by atoms with Crippen LogP contribution in [0.5, 0.6) is 0 Å². The lowest BCUT2D eigenvalue weighted by atomic mass is 10.2. The number of hydrogen-bond donors (Lipinski definition) is 3. The van der Waals surface area contributed by atoms with Crippen molar-refractivity contribution in [3.05, 3.63) is 23.3 Å². The van der Waals surface area contributed by atoms with E-state index < -0.39 is 7.82 Å². The molecule has 0 aromatic heterocycles. The second-order valence-electron chi connectivity index (χ2n) is 4.21. The van der Waals surface area contributed by atoms with E-state index in [-0.39, 0.29) is 26.4 Å². The third kappa shape index (κ3) is 9.39. The fraction of sp³-hybridized carbons (Fsp3) is 0.667. The number of hydrogen-bond acceptors (Lipinski definition) is 7. The Morgan fingerprint density at radius 2 is 1.45 bits per heavy atom. The Kier molecular flexibility index (Phi) is 10.9. The molecule has 0 aliphatic carbocycles. The predicted molar refractivity (Wildman–Crippen MR) is 75.7 cm³/mol. The Balaban J connectivity index is 4.05. The molecule has 0 fully saturated rings. The summed E-state index contributed by atoms with van der Waals surface area (Å²) in [5.74, 6) is 4.92. The minimum Gasteiger partial charge on any atom is -0.392 e. The highest BCUT2D eigenvalue weighted by atomic mass is 31.2. The average molecular weight is 309 g/mol. The molecular weight excluding hydrogens is 285 g/mol. The second kappa shape index (κ2) is 11.2. The van der Waals surface area contributed by atoms with Gasteiger partial charge < -0.3 is 10.2 Å². The molecule has 20 heavy (non-hydrogen) atoms. The van der Waals surface area contributed by atoms with Crippen molar-refractivity contribution in [3.8, 4) is 0 Å². The zero-order chi connectivity index (χ0) is 15.4. The molecule has 0 aromatic rings. The van der Waals surface area contributed by atoms with Crippen molar-refractivity contribution < 1.29 is 28.5 Å². The highest BCUT2D eigenvalue weighted by Crippen LogP contribution is 2.47. The van der Waals surface area contributed by atoms with Crippen LogP contribution < -0.4 is 5.90 Å². The van der Waals surface area contributed by atoms with Gasteiger partial charge in [0.1, 0.15) is 0 Å². The van der Waals surface area contributed by atoms with Crippen molar-refractivity contribution in [2.75, 3.05) is 26.4 Å². The molecule has 0 spiro atoms. The van der Waals surface area contributed by atoms with Crippen LogP contribution in [0.25, 0.3) is 0 Å². The summed E-state index contributed by atoms with van der Waals surface area (Å²) < 4.78 is 26.1. The van der Waals surface area contributed by atoms with Gasteiger partial charge >= 0.3 is 7.82 Å². The molecule has 0 saturated carbocycles. The third-order valence-corrected chi connectivity index (χ3v) is 3.60. The summed E-state index contributed by atoms with van der Waals surface area (Å²) >= 11 is 0. The minimum absolute atomic E-state index is 0.0297. The van der Waals surface area contributed by atoms with Crippen LogP contribution in [0.3, 0.4) is 0 Å². The zero-order valence-electron chi connectivity index (χ0n) is 11.9. The molecule has 0 heterocycles. The molecule has 4 N–H and O–H groups in total. The smallest absolute Gasteiger partial charge is 0.392 e. The molecule has 0 rings (SSSR count). The summed E-state index contributed by atoms with van der Waals surface area (Å²) in [6.07, 6.45) is 4.45. The second-order valence-corrected chi connectivity index (χ2v) is 5.84. The van der Waals surface area contributed by atoms with E-state index in [1.807, 2.05) is 0 Å². The van der Waals surface area contributed by atoms with Crippen molar-refractivity contribution in [3.63, 3.8) is 0 Å². The van der Waals surface area contributed by atoms with E-state index in [4.69, 9.17) is 25.2 Å². The van der Waals surface area contributed by atoms with Crippen molar-refractivity contribution >= 4 is 7.82 Å². The largest absolute Gasteiger partial charge is 0.491 e. The first-order valence-electron chi connectivity index (χ1n) is 6.28. The third-order valence-electron chi connectivity index (χ3n) is 2.35. The lowest BCUT2D eigenvalue weighted by Gasteiger charge is -2.14. The van der Waals surface area contributed by atoms with E-state index in [2.05, 4.69) is 4.62 Å². The summed E-state index contributed by atoms with van der Waals surface area (Å²) in [5, 5.41) is 17.6. The molecule has 8 heteroatoms. The quantitative estimate of drug-likeness (QED) is 0.230. The van der Waals surface area contributed by atoms with E-state index in [0.717, 1.165) is 11.1 Å². The summed E-state index contributed by atoms with van der Waals surface area (Å²) in [7, 11) is -3.74. The van der Waals surface area contributed by atoms with Gasteiger partial charge in [0.2, 0.25) is 0 Å². The Morgan fingerprint density at radius 3 is 1.75 bits per heavy atom. The fourth-order valence-electron chi connectivity index (χ4n) is 1.17. The van der Waals surface area contributed by atoms with Gasteiger partial charge in [-0.15, -0.1) is 0 Å². The summed E-state index contributed by atoms with van der Waals surface area (Å²) in [6, 6.07) is 0. The average Bonchev–Trinajstić information content (AvgIpc) is 2.47. The standard InChI is InChI=1S/C12H24NO6P/c1-11(9-14)5-3-7-17-20(16,19-13)18-8-4-6-12(2)10-15/h5-6,14-15H,3-4,7-10,13H2,1-2H3/b11-5+,12-6+. The SMILES string of the molecule is C/C(=C\CCOP(=O)(ON)OCC/C=C(\C)CO)CO. The van der Waals surface area contributed by atoms with E-state index >= 15 is 0 Å². The Hall–Kier alpha value is -0.530. The van der Waals surface area contributed by atoms with Crippen LogP contribution in [0.4, 0.5) is 0 Å². The minimum atomic E-state index is -3.74. The maximum Gasteiger partial charge on any atom is 0.491 e. The summed E-state index contributed by atoms with van der Waals surface area (Å²) in [6.45, 7) is 3.70. The molecule has 0 atom stereocenters. The first-order valence-corrected chi connectivity index (χ1v) is 7.74. The van der Waals surface area contributed by atoms with Gasteiger partial charge in [0.05, 0.1) is 26.4 Å². The van der Waals surface area contributed by atoms with Crippen molar-refractivity contribution in [2.24, 2.45) is 5.90 Å². The van der Waals surface area contributed by atoms with Gasteiger partial charge in [0.25, 0.3) is 0 Å². The molecule has 118 valence electrons. The van der Waals surface area contributed by atoms with Crippen molar-refractivity contribution in [2.45, 2.75) is 26.7 Å². The molecule has 7 nitrogen and oxygen atoms in total. The van der Waals surface area contributed by atoms with Crippen LogP contribution in [-0.4, -0.2) is 36.6 Å². The molecule has 0 bridgehead atoms. The molecular formula is C12H24NO6P. The topological polar surface area (TPSA) is 111 Å². The van der Waals surface area contributed by atoms with Gasteiger partial charge in [-0.05, 0) is 26.7 Å². The van der Waals surface area contributed by atoms with E-state index in [9.17, 15) is 4.57 Å². The van der Waals surface area contributed by atoms with Gasteiger partial charge in [-0.2, -0.15) is 0 Å². The van der Waals surface area contributed by atoms with E-state index in [1.54, 1.807) is 26.0 Å². The maximum atomic E-state index is 11.9. The lowest BCUT2D eigenvalue weighted by Crippen LogP contribution is -2.06. The van der Waals surface area contributed by atoms with Crippen LogP contribution in [0.2, 0.25) is 0 Å². The molecule has 0 aliphatic heterocycles. The first-order chi connectivity index (χ1) is 9.47. The van der Waals surface area contributed by atoms with Crippen LogP contribution in [-0.2, 0) is 18.2 Å². The maximum absolute atomic E-state index is 11.9. The van der Waals surface area contributed by atoms with E-state index in [0.29, 0.717) is 12.8 Å². The molecule has 0 amide bonds. The molecule has 0 aromatic carbocycles. The van der Waals surface area contributed by atoms with Crippen LogP contribution in [0, 0.1) is 0 Å². The van der Waals surface area contributed by atoms with Gasteiger partial charge in [0.15, 0.2) is 0 Å². The number of rotatable bonds is 11. The van der Waals surface area contributed by atoms with Gasteiger partial charge in [-0.3, -0.25) is 9.05 Å². The Labute approximate surface area is 119 Å². The normalized spacial score (nSPS) is 13.8. The summed E-state index contributed by atoms with van der Waals surface area (Å²) in [4.78, 5) is 0. The number of aliphatic hydroxyl groups is 2. The van der Waals surface area contributed by atoms with Gasteiger partial charge in [0, 0.05) is 0 Å². The Morgan fingerprint density at radius 1 is 1.05 bits per heavy atom. The van der Waals surface area contributed by atoms with Crippen LogP contribution in [0.15, 0.2) is 23.3 Å². The number of nitrogens with two attached hydrogens (primary N) is 1. The number of phosphoric ester groups is 1. The molecule has 0 radical (unpaired) electrons. The van der Waals surface area contributed by atoms with Crippen LogP contribution in [0.1, 0.15) is 26.7 Å². The molecule has 0 unspecified atom stereocenters. The van der Waals surface area contributed by atoms with E-state index in [1.165, 1.54) is 0 Å². The number of aliphatic hydroxyl groups excluding tert-OH is 2. The van der Waals surface area contributed by atoms with Gasteiger partial charge in [-0.25, -0.2) is 15.1 Å². The highest BCUT2D eigenvalue weighted by Gasteiger charge is 2.25. The predicted octanol–water partition coefficient (Wildman–Crippen LogP) is 1.68. The van der Waals surface area contributed by atoms with Crippen LogP contribution >= 0.6 is 7.82 Å². The monoisotopic (exact) mass is 309 g/mol. The first kappa shape index (κ1) is 19.5. The highest BCUT2D eigenvalue weighted by molar-refractivity contribution is 7.48. The van der Waals surface area contributed by atoms with Gasteiger partial charge in [-0.1, -0.05) is 23.3 Å². The Bertz CT molecular complexity index is 339. The summed E-state index contributed by atoms with van der Waals surface area (Å²) in [5.41, 5.74) is 1.59. The zero-order valence-corrected chi connectivity index (χ0v) is 12.8. The molecule has 0 aliphatic rings. The lowest BCUT2D eigenvalue weighted by molar-refractivity contribution is 0.116. The fourth-order valence-corrected chi connectivity index (χ4v) is 2.02. The number of phosphoric acid groups is 1. The molecule has 0 saturated heterocycles. The van der Waals surface area contributed by atoms with Crippen molar-refractivity contribution in [1.29, 1.82) is 0 Å².